The average Bonchev–Trinajstić information content (AvgIpc) is 3.58. The van der Waals surface area contributed by atoms with Gasteiger partial charge in [-0.1, -0.05) is 36.4 Å². The quantitative estimate of drug-likeness (QED) is 0.376. The molecule has 0 spiro atoms. The molecule has 1 N–H and O–H groups in total. The molecule has 5 rings (SSSR count). The highest BCUT2D eigenvalue weighted by Crippen LogP contribution is 2.32. The number of Topliss-reactive ketones (excluding diaryl/α,β-unsaturated/α-hetero) is 1. The summed E-state index contributed by atoms with van der Waals surface area (Å²) in [6, 6.07) is 9.95. The van der Waals surface area contributed by atoms with E-state index in [2.05, 4.69) is 26.1 Å². The van der Waals surface area contributed by atoms with E-state index in [1.807, 2.05) is 30.3 Å². The number of aryl methyl sites for hydroxylation is 1. The van der Waals surface area contributed by atoms with Gasteiger partial charge in [-0.3, -0.25) is 9.59 Å². The Bertz CT molecular complexity index is 1390. The van der Waals surface area contributed by atoms with Gasteiger partial charge in [-0.25, -0.2) is 14.6 Å². The molecule has 1 aliphatic heterocycles. The Morgan fingerprint density at radius 1 is 1.18 bits per heavy atom. The average molecular weight is 442 g/mol. The van der Waals surface area contributed by atoms with Gasteiger partial charge in [0.05, 0.1) is 29.8 Å². The Labute approximate surface area is 189 Å². The predicted octanol–water partition coefficient (Wildman–Crippen LogP) is 2.96. The van der Waals surface area contributed by atoms with Crippen LogP contribution in [0.2, 0.25) is 0 Å². The summed E-state index contributed by atoms with van der Waals surface area (Å²) in [5, 5.41) is 4.79. The maximum atomic E-state index is 13.3. The van der Waals surface area contributed by atoms with Crippen LogP contribution in [0.1, 0.15) is 28.2 Å². The van der Waals surface area contributed by atoms with Gasteiger partial charge in [0.2, 0.25) is 0 Å². The Hall–Kier alpha value is -4.27. The zero-order valence-corrected chi connectivity index (χ0v) is 18.3. The van der Waals surface area contributed by atoms with Gasteiger partial charge in [-0.15, -0.1) is 0 Å². The highest BCUT2D eigenvalue weighted by molar-refractivity contribution is 6.45. The summed E-state index contributed by atoms with van der Waals surface area (Å²) < 4.78 is 6.97. The molecule has 1 saturated heterocycles. The van der Waals surface area contributed by atoms with E-state index in [4.69, 9.17) is 4.74 Å². The molecule has 0 radical (unpaired) electrons. The van der Waals surface area contributed by atoms with Gasteiger partial charge in [0.15, 0.2) is 5.82 Å². The van der Waals surface area contributed by atoms with Crippen molar-refractivity contribution in [1.82, 2.24) is 29.6 Å². The van der Waals surface area contributed by atoms with E-state index in [9.17, 15) is 9.59 Å². The molecular formula is C24H22N6O3. The highest BCUT2D eigenvalue weighted by Gasteiger charge is 2.30. The van der Waals surface area contributed by atoms with E-state index in [-0.39, 0.29) is 5.56 Å². The predicted molar refractivity (Wildman–Crippen MR) is 122 cm³/mol. The van der Waals surface area contributed by atoms with Crippen molar-refractivity contribution in [1.29, 1.82) is 0 Å². The fourth-order valence-electron chi connectivity index (χ4n) is 4.08. The van der Waals surface area contributed by atoms with Gasteiger partial charge in [0.25, 0.3) is 11.7 Å². The Morgan fingerprint density at radius 3 is 2.73 bits per heavy atom. The van der Waals surface area contributed by atoms with E-state index < -0.39 is 11.7 Å². The largest absolute Gasteiger partial charge is 0.494 e. The summed E-state index contributed by atoms with van der Waals surface area (Å²) in [5.74, 6) is 0.324. The minimum Gasteiger partial charge on any atom is -0.494 e. The standard InChI is InChI=1S/C24H22N6O3/c1-15-27-14-30(28-15)23-21-20(19(33-2)12-26-23)18(11-25-21)22(31)24(32)29-9-8-17(13-29)10-16-6-4-3-5-7-16/h3-7,10-12,14,25H,8-9,13H2,1-2H3. The molecule has 0 aliphatic carbocycles. The molecule has 1 aromatic carbocycles. The van der Waals surface area contributed by atoms with Crippen molar-refractivity contribution in [3.8, 4) is 11.6 Å². The van der Waals surface area contributed by atoms with Gasteiger partial charge in [0.1, 0.15) is 17.9 Å². The molecule has 4 aromatic rings. The number of likely N-dealkylation sites (tertiary alicyclic amines) is 1. The number of methoxy groups -OCH3 is 1. The number of carbonyl (C=O) groups is 2. The van der Waals surface area contributed by atoms with Crippen LogP contribution in [0.5, 0.6) is 5.75 Å². The third kappa shape index (κ3) is 3.78. The fourth-order valence-corrected chi connectivity index (χ4v) is 4.08. The lowest BCUT2D eigenvalue weighted by Crippen LogP contribution is -2.34. The van der Waals surface area contributed by atoms with Crippen molar-refractivity contribution < 1.29 is 14.3 Å². The number of hydrogen-bond acceptors (Lipinski definition) is 6. The third-order valence-electron chi connectivity index (χ3n) is 5.69. The SMILES string of the molecule is COc1cnc(-n2cnc(C)n2)c2[nH]cc(C(=O)C(=O)N3CCC(=Cc4ccccc4)C3)c12. The summed E-state index contributed by atoms with van der Waals surface area (Å²) in [6.45, 7) is 2.72. The zero-order chi connectivity index (χ0) is 22.9. The monoisotopic (exact) mass is 442 g/mol. The van der Waals surface area contributed by atoms with Crippen molar-refractivity contribution >= 4 is 28.7 Å². The number of carbonyl (C=O) groups excluding carboxylic acids is 2. The zero-order valence-electron chi connectivity index (χ0n) is 18.3. The first-order valence-corrected chi connectivity index (χ1v) is 10.6. The molecule has 1 amide bonds. The van der Waals surface area contributed by atoms with Crippen LogP contribution in [0, 0.1) is 6.92 Å². The number of benzene rings is 1. The van der Waals surface area contributed by atoms with Gasteiger partial charge in [-0.2, -0.15) is 5.10 Å². The molecule has 33 heavy (non-hydrogen) atoms. The number of amides is 1. The number of H-pyrrole nitrogens is 1. The van der Waals surface area contributed by atoms with Crippen LogP contribution in [0.4, 0.5) is 0 Å². The number of aromatic amines is 1. The molecule has 4 heterocycles. The van der Waals surface area contributed by atoms with Gasteiger partial charge < -0.3 is 14.6 Å². The number of aromatic nitrogens is 5. The van der Waals surface area contributed by atoms with Crippen LogP contribution in [0.15, 0.2) is 54.6 Å². The fraction of sp³-hybridized carbons (Fsp3) is 0.208. The molecule has 9 nitrogen and oxygen atoms in total. The molecule has 1 fully saturated rings. The molecule has 1 aliphatic rings. The smallest absolute Gasteiger partial charge is 0.295 e. The minimum atomic E-state index is -0.590. The van der Waals surface area contributed by atoms with Gasteiger partial charge in [-0.05, 0) is 24.5 Å². The second-order valence-electron chi connectivity index (χ2n) is 7.86. The van der Waals surface area contributed by atoms with Crippen LogP contribution in [0.25, 0.3) is 22.8 Å². The minimum absolute atomic E-state index is 0.243. The van der Waals surface area contributed by atoms with Gasteiger partial charge >= 0.3 is 0 Å². The molecule has 3 aromatic heterocycles. The second kappa shape index (κ2) is 8.34. The normalized spacial score (nSPS) is 14.8. The first kappa shape index (κ1) is 20.6. The molecule has 166 valence electrons. The number of nitrogens with one attached hydrogen (secondary N) is 1. The number of rotatable bonds is 5. The maximum Gasteiger partial charge on any atom is 0.295 e. The summed E-state index contributed by atoms with van der Waals surface area (Å²) in [5.41, 5.74) is 2.99. The third-order valence-corrected chi connectivity index (χ3v) is 5.69. The first-order chi connectivity index (χ1) is 16.0. The van der Waals surface area contributed by atoms with Crippen LogP contribution < -0.4 is 4.74 Å². The Morgan fingerprint density at radius 2 is 2.00 bits per heavy atom. The van der Waals surface area contributed by atoms with Crippen LogP contribution in [-0.4, -0.2) is 61.5 Å². The lowest BCUT2D eigenvalue weighted by atomic mass is 10.1. The summed E-state index contributed by atoms with van der Waals surface area (Å²) in [6.07, 6.45) is 7.40. The van der Waals surface area contributed by atoms with Crippen molar-refractivity contribution in [2.75, 3.05) is 20.2 Å². The Kier molecular flexibility index (Phi) is 5.21. The number of fused-ring (bicyclic) bond motifs is 1. The summed E-state index contributed by atoms with van der Waals surface area (Å²) in [7, 11) is 1.50. The number of pyridine rings is 1. The first-order valence-electron chi connectivity index (χ1n) is 10.6. The van der Waals surface area contributed by atoms with E-state index in [1.165, 1.54) is 24.2 Å². The second-order valence-corrected chi connectivity index (χ2v) is 7.86. The van der Waals surface area contributed by atoms with E-state index in [1.54, 1.807) is 18.2 Å². The van der Waals surface area contributed by atoms with Crippen molar-refractivity contribution in [3.63, 3.8) is 0 Å². The van der Waals surface area contributed by atoms with E-state index in [0.29, 0.717) is 41.4 Å². The van der Waals surface area contributed by atoms with Crippen molar-refractivity contribution in [3.05, 3.63) is 71.6 Å². The van der Waals surface area contributed by atoms with Crippen LogP contribution in [0.3, 0.4) is 0 Å². The van der Waals surface area contributed by atoms with Crippen LogP contribution in [-0.2, 0) is 4.79 Å². The Balaban J connectivity index is 1.45. The van der Waals surface area contributed by atoms with Crippen LogP contribution >= 0.6 is 0 Å². The number of nitrogens with zero attached hydrogens (tertiary/aromatic N) is 5. The number of ketones is 1. The van der Waals surface area contributed by atoms with Crippen molar-refractivity contribution in [2.24, 2.45) is 0 Å². The topological polar surface area (TPSA) is 106 Å². The maximum absolute atomic E-state index is 13.3. The highest BCUT2D eigenvalue weighted by atomic mass is 16.5. The molecule has 0 unspecified atom stereocenters. The molecule has 9 heteroatoms. The molecule has 0 bridgehead atoms. The van der Waals surface area contributed by atoms with Crippen molar-refractivity contribution in [2.45, 2.75) is 13.3 Å². The molecule has 0 atom stereocenters. The number of hydrogen-bond donors (Lipinski definition) is 1. The summed E-state index contributed by atoms with van der Waals surface area (Å²) >= 11 is 0. The lowest BCUT2D eigenvalue weighted by Gasteiger charge is -2.14. The lowest BCUT2D eigenvalue weighted by molar-refractivity contribution is -0.125. The summed E-state index contributed by atoms with van der Waals surface area (Å²) in [4.78, 5) is 39.5. The van der Waals surface area contributed by atoms with Gasteiger partial charge in [0, 0.05) is 19.3 Å². The molecular weight excluding hydrogens is 420 g/mol. The molecule has 0 saturated carbocycles. The van der Waals surface area contributed by atoms with E-state index in [0.717, 1.165) is 17.6 Å². The number of ether oxygens (including phenoxy) is 1. The van der Waals surface area contributed by atoms with E-state index >= 15 is 0 Å².